The van der Waals surface area contributed by atoms with Crippen molar-refractivity contribution in [3.63, 3.8) is 0 Å². The SMILES string of the molecule is C1=Cc2cc3ccc(cc4nc(cc5ccc(cc1n2)[nH]5)CC4)[nH]3.CC(C)[C@H](N)C(=O)O. The number of aliphatic carboxylic acids is 1. The van der Waals surface area contributed by atoms with Crippen molar-refractivity contribution in [1.29, 1.82) is 0 Å². The van der Waals surface area contributed by atoms with Crippen LogP contribution in [0.3, 0.4) is 0 Å². The Kier molecular flexibility index (Phi) is 6.18. The molecule has 0 saturated carbocycles. The third-order valence-corrected chi connectivity index (χ3v) is 5.32. The number of hydrogen-bond acceptors (Lipinski definition) is 4. The zero-order chi connectivity index (χ0) is 22.7. The highest BCUT2D eigenvalue weighted by Gasteiger charge is 2.14. The number of fused-ring (bicyclic) bond motifs is 8. The van der Waals surface area contributed by atoms with Crippen LogP contribution in [0.1, 0.15) is 36.6 Å². The maximum absolute atomic E-state index is 10.0. The molecule has 0 aliphatic carbocycles. The highest BCUT2D eigenvalue weighted by atomic mass is 16.4. The molecule has 5 N–H and O–H groups in total. The summed E-state index contributed by atoms with van der Waals surface area (Å²) in [6.07, 6.45) is 6.03. The Bertz CT molecular complexity index is 1230. The molecule has 0 unspecified atom stereocenters. The van der Waals surface area contributed by atoms with E-state index >= 15 is 0 Å². The number of nitrogens with one attached hydrogen (secondary N) is 2. The molecule has 0 spiro atoms. The quantitative estimate of drug-likeness (QED) is 0.378. The van der Waals surface area contributed by atoms with Crippen molar-refractivity contribution < 1.29 is 9.90 Å². The monoisotopic (exact) mass is 429 g/mol. The summed E-state index contributed by atoms with van der Waals surface area (Å²) in [7, 11) is 0. The van der Waals surface area contributed by atoms with E-state index in [0.717, 1.165) is 57.7 Å². The summed E-state index contributed by atoms with van der Waals surface area (Å²) >= 11 is 0. The number of nitrogens with zero attached hydrogens (tertiary/aromatic N) is 2. The molecular formula is C25H27N5O2. The van der Waals surface area contributed by atoms with Crippen molar-refractivity contribution in [3.8, 4) is 0 Å². The van der Waals surface area contributed by atoms with Crippen LogP contribution in [0.25, 0.3) is 34.2 Å². The normalized spacial score (nSPS) is 13.5. The molecule has 0 radical (unpaired) electrons. The Morgan fingerprint density at radius 2 is 1.28 bits per heavy atom. The second kappa shape index (κ2) is 9.20. The Hall–Kier alpha value is -3.71. The molecule has 164 valence electrons. The number of nitrogens with two attached hydrogens (primary N) is 1. The van der Waals surface area contributed by atoms with Gasteiger partial charge in [0.1, 0.15) is 6.04 Å². The molecular weight excluding hydrogens is 402 g/mol. The van der Waals surface area contributed by atoms with E-state index in [-0.39, 0.29) is 5.92 Å². The Morgan fingerprint density at radius 1 is 0.844 bits per heavy atom. The van der Waals surface area contributed by atoms with E-state index in [2.05, 4.69) is 63.5 Å². The first-order chi connectivity index (χ1) is 15.4. The van der Waals surface area contributed by atoms with Gasteiger partial charge < -0.3 is 20.8 Å². The standard InChI is InChI=1S/C20H16N4.C5H11NO2/c1-2-14-10-16-5-6-18(23-16)12-20-8-7-19(24-20)11-17-4-3-15(22-17)9-13(1)21-14;1-3(2)4(6)5(7)8/h1-6,9-12,22-23H,7-8H2;3-4H,6H2,1-2H3,(H,7,8)/t;4-/m.0/s1. The molecule has 2 aliphatic heterocycles. The number of carbonyl (C=O) groups is 1. The van der Waals surface area contributed by atoms with Gasteiger partial charge in [0, 0.05) is 33.5 Å². The summed E-state index contributed by atoms with van der Waals surface area (Å²) in [6.45, 7) is 3.55. The van der Waals surface area contributed by atoms with Crippen LogP contribution in [-0.2, 0) is 17.6 Å². The predicted molar refractivity (Wildman–Crippen MR) is 128 cm³/mol. The Labute approximate surface area is 186 Å². The van der Waals surface area contributed by atoms with Crippen LogP contribution >= 0.6 is 0 Å². The number of carboxylic acid groups (broad SMARTS) is 1. The second-order valence-electron chi connectivity index (χ2n) is 8.31. The third-order valence-electron chi connectivity index (χ3n) is 5.32. The summed E-state index contributed by atoms with van der Waals surface area (Å²) in [5, 5.41) is 8.23. The van der Waals surface area contributed by atoms with Gasteiger partial charge in [0.15, 0.2) is 0 Å². The first-order valence-corrected chi connectivity index (χ1v) is 10.7. The van der Waals surface area contributed by atoms with Gasteiger partial charge in [-0.1, -0.05) is 13.8 Å². The van der Waals surface area contributed by atoms with Gasteiger partial charge in [-0.3, -0.25) is 9.78 Å². The second-order valence-corrected chi connectivity index (χ2v) is 8.31. The van der Waals surface area contributed by atoms with Gasteiger partial charge in [0.2, 0.25) is 0 Å². The van der Waals surface area contributed by atoms with E-state index in [1.165, 1.54) is 0 Å². The maximum Gasteiger partial charge on any atom is 0.320 e. The number of carboxylic acids is 1. The lowest BCUT2D eigenvalue weighted by Crippen LogP contribution is -2.34. The smallest absolute Gasteiger partial charge is 0.320 e. The number of rotatable bonds is 2. The van der Waals surface area contributed by atoms with Crippen molar-refractivity contribution in [2.24, 2.45) is 11.7 Å². The molecule has 0 aromatic carbocycles. The molecule has 8 bridgehead atoms. The molecule has 1 atom stereocenters. The van der Waals surface area contributed by atoms with Crippen molar-refractivity contribution in [2.75, 3.05) is 0 Å². The molecule has 32 heavy (non-hydrogen) atoms. The van der Waals surface area contributed by atoms with Crippen LogP contribution in [0.15, 0.2) is 48.5 Å². The summed E-state index contributed by atoms with van der Waals surface area (Å²) in [5.74, 6) is -0.910. The molecule has 7 nitrogen and oxygen atoms in total. The van der Waals surface area contributed by atoms with E-state index < -0.39 is 12.0 Å². The third kappa shape index (κ3) is 5.31. The molecule has 3 aromatic rings. The van der Waals surface area contributed by atoms with E-state index in [1.807, 2.05) is 12.2 Å². The van der Waals surface area contributed by atoms with Crippen LogP contribution in [-0.4, -0.2) is 37.1 Å². The number of H-pyrrole nitrogens is 2. The topological polar surface area (TPSA) is 121 Å². The zero-order valence-electron chi connectivity index (χ0n) is 18.2. The molecule has 0 fully saturated rings. The minimum absolute atomic E-state index is 0.0208. The van der Waals surface area contributed by atoms with E-state index in [4.69, 9.17) is 15.8 Å². The molecule has 5 heterocycles. The first kappa shape index (κ1) is 21.5. The fraction of sp³-hybridized carbons (Fsp3) is 0.240. The van der Waals surface area contributed by atoms with Crippen molar-refractivity contribution in [1.82, 2.24) is 19.9 Å². The summed E-state index contributed by atoms with van der Waals surface area (Å²) in [5.41, 5.74) is 13.6. The highest BCUT2D eigenvalue weighted by Crippen LogP contribution is 2.16. The van der Waals surface area contributed by atoms with Gasteiger partial charge in [-0.25, -0.2) is 4.98 Å². The van der Waals surface area contributed by atoms with E-state index in [1.54, 1.807) is 13.8 Å². The van der Waals surface area contributed by atoms with E-state index in [0.29, 0.717) is 0 Å². The minimum atomic E-state index is -0.931. The fourth-order valence-electron chi connectivity index (χ4n) is 3.48. The highest BCUT2D eigenvalue weighted by molar-refractivity contribution is 5.75. The summed E-state index contributed by atoms with van der Waals surface area (Å²) in [6, 6.07) is 16.0. The lowest BCUT2D eigenvalue weighted by molar-refractivity contribution is -0.139. The fourth-order valence-corrected chi connectivity index (χ4v) is 3.48. The van der Waals surface area contributed by atoms with Gasteiger partial charge in [-0.15, -0.1) is 0 Å². The van der Waals surface area contributed by atoms with Crippen molar-refractivity contribution >= 4 is 40.2 Å². The largest absolute Gasteiger partial charge is 0.480 e. The van der Waals surface area contributed by atoms with Crippen LogP contribution < -0.4 is 5.73 Å². The predicted octanol–water partition coefficient (Wildman–Crippen LogP) is 4.32. The average molecular weight is 430 g/mol. The van der Waals surface area contributed by atoms with Crippen LogP contribution in [0.5, 0.6) is 0 Å². The summed E-state index contributed by atoms with van der Waals surface area (Å²) in [4.78, 5) is 26.2. The van der Waals surface area contributed by atoms with Crippen LogP contribution in [0, 0.1) is 5.92 Å². The number of hydrogen-bond donors (Lipinski definition) is 4. The molecule has 2 aliphatic rings. The van der Waals surface area contributed by atoms with Gasteiger partial charge in [0.05, 0.1) is 11.4 Å². The molecule has 7 heteroatoms. The minimum Gasteiger partial charge on any atom is -0.480 e. The average Bonchev–Trinajstić information content (AvgIpc) is 3.53. The molecule has 3 aromatic heterocycles. The van der Waals surface area contributed by atoms with Crippen molar-refractivity contribution in [3.05, 3.63) is 71.3 Å². The van der Waals surface area contributed by atoms with Crippen LogP contribution in [0.2, 0.25) is 0 Å². The van der Waals surface area contributed by atoms with Gasteiger partial charge in [-0.05, 0) is 79.4 Å². The first-order valence-electron chi connectivity index (χ1n) is 10.7. The molecule has 0 saturated heterocycles. The van der Waals surface area contributed by atoms with Crippen molar-refractivity contribution in [2.45, 2.75) is 32.7 Å². The number of aromatic amines is 2. The van der Waals surface area contributed by atoms with Crippen LogP contribution in [0.4, 0.5) is 0 Å². The number of aromatic nitrogens is 4. The van der Waals surface area contributed by atoms with Gasteiger partial charge in [-0.2, -0.15) is 0 Å². The van der Waals surface area contributed by atoms with Gasteiger partial charge >= 0.3 is 5.97 Å². The van der Waals surface area contributed by atoms with Gasteiger partial charge in [0.25, 0.3) is 0 Å². The summed E-state index contributed by atoms with van der Waals surface area (Å²) < 4.78 is 0. The Balaban J connectivity index is 0.000000265. The Morgan fingerprint density at radius 3 is 1.66 bits per heavy atom. The zero-order valence-corrected chi connectivity index (χ0v) is 18.2. The molecule has 0 amide bonds. The maximum atomic E-state index is 10.0. The van der Waals surface area contributed by atoms with E-state index in [9.17, 15) is 4.79 Å². The number of aryl methyl sites for hydroxylation is 2. The lowest BCUT2D eigenvalue weighted by atomic mass is 10.1. The lowest BCUT2D eigenvalue weighted by Gasteiger charge is -2.07. The molecule has 5 rings (SSSR count).